The number of amides is 2. The Morgan fingerprint density at radius 1 is 0.346 bits per heavy atom. The van der Waals surface area contributed by atoms with E-state index in [1.54, 1.807) is 0 Å². The van der Waals surface area contributed by atoms with E-state index in [-0.39, 0.29) is 60.6 Å². The number of hydrogen-bond donors (Lipinski definition) is 9. The van der Waals surface area contributed by atoms with Crippen LogP contribution in [0.2, 0.25) is 0 Å². The number of azo groups is 4. The van der Waals surface area contributed by atoms with Gasteiger partial charge in [-0.05, 0) is 150 Å². The van der Waals surface area contributed by atoms with Crippen LogP contribution in [0, 0.1) is 0 Å². The van der Waals surface area contributed by atoms with Gasteiger partial charge in [-0.25, -0.2) is 4.79 Å². The number of rotatable bonds is 15. The van der Waals surface area contributed by atoms with Crippen LogP contribution in [-0.4, -0.2) is 81.1 Å². The molecule has 2 amide bonds. The Morgan fingerprint density at radius 2 is 0.679 bits per heavy atom. The minimum atomic E-state index is -5.25. The predicted octanol–water partition coefficient (Wildman–Crippen LogP) is 10.9. The fourth-order valence-corrected chi connectivity index (χ4v) is 9.91. The van der Waals surface area contributed by atoms with Crippen LogP contribution in [0.1, 0.15) is 0 Å². The summed E-state index contributed by atoms with van der Waals surface area (Å²) in [5, 5.41) is 58.0. The highest BCUT2D eigenvalue weighted by Crippen LogP contribution is 2.44. The first-order valence-electron chi connectivity index (χ1n) is 21.2. The molecule has 0 aliphatic rings. The van der Waals surface area contributed by atoms with Gasteiger partial charge in [-0.3, -0.25) is 22.8 Å². The molecule has 0 fully saturated rings. The van der Waals surface area contributed by atoms with Gasteiger partial charge in [0.25, 0.3) is 50.6 Å². The van der Waals surface area contributed by atoms with Gasteiger partial charge in [-0.15, -0.1) is 15.3 Å². The van der Waals surface area contributed by atoms with E-state index < -0.39 is 105 Å². The predicted molar refractivity (Wildman–Crippen MR) is 275 cm³/mol. The van der Waals surface area contributed by atoms with Crippen LogP contribution in [0.4, 0.5) is 61.7 Å². The maximum Gasteiger partial charge on any atom is 0.323 e. The first kappa shape index (κ1) is 55.3. The quantitative estimate of drug-likeness (QED) is 0.0340. The van der Waals surface area contributed by atoms with Crippen LogP contribution in [0.25, 0.3) is 21.5 Å². The number of aromatic hydroxyl groups is 2. The molecule has 0 bridgehead atoms. The number of nitrogens with zero attached hydrogens (tertiary/aromatic N) is 8. The van der Waals surface area contributed by atoms with Crippen LogP contribution in [0.3, 0.4) is 0 Å². The third kappa shape index (κ3) is 13.0. The van der Waals surface area contributed by atoms with Crippen molar-refractivity contribution in [3.8, 4) is 11.5 Å². The van der Waals surface area contributed by atoms with Crippen molar-refractivity contribution >= 4 is 135 Å². The van der Waals surface area contributed by atoms with E-state index in [0.29, 0.717) is 5.69 Å². The first-order valence-corrected chi connectivity index (χ1v) is 28.4. The summed E-state index contributed by atoms with van der Waals surface area (Å²) < 4.78 is 169. The number of phenolic OH excluding ortho intramolecular Hbond substituents is 2. The van der Waals surface area contributed by atoms with Gasteiger partial charge >= 0.3 is 6.03 Å². The molecule has 0 aliphatic heterocycles. The third-order valence-electron chi connectivity index (χ3n) is 10.6. The lowest BCUT2D eigenvalue weighted by molar-refractivity contribution is 0.262. The van der Waals surface area contributed by atoms with E-state index >= 15 is 0 Å². The molecule has 8 aromatic rings. The second kappa shape index (κ2) is 21.3. The number of hydrogen-bond acceptors (Lipinski definition) is 21. The molecule has 0 aliphatic carbocycles. The molecule has 8 aromatic carbocycles. The van der Waals surface area contributed by atoms with Gasteiger partial charge in [-0.1, -0.05) is 0 Å². The summed E-state index contributed by atoms with van der Waals surface area (Å²) in [6.45, 7) is 0. The third-order valence-corrected chi connectivity index (χ3v) is 15.0. The average Bonchev–Trinajstić information content (AvgIpc) is 3.54. The molecule has 28 nitrogen and oxygen atoms in total. The van der Waals surface area contributed by atoms with Crippen molar-refractivity contribution in [3.63, 3.8) is 0 Å². The minimum absolute atomic E-state index is 0.00806. The Bertz CT molecular complexity index is 4490. The molecule has 9 N–H and O–H groups in total. The number of urea groups is 1. The maximum absolute atomic E-state index is 13.2. The van der Waals surface area contributed by atoms with Gasteiger partial charge in [0.05, 0.1) is 38.2 Å². The fraction of sp³-hybridized carbons (Fsp3) is 0. The first-order chi connectivity index (χ1) is 36.5. The topological polar surface area (TPSA) is 452 Å². The minimum Gasteiger partial charge on any atom is -0.505 e. The largest absolute Gasteiger partial charge is 0.505 e. The molecule has 400 valence electrons. The zero-order chi connectivity index (χ0) is 56.5. The lowest BCUT2D eigenvalue weighted by atomic mass is 10.1. The molecule has 0 spiro atoms. The van der Waals surface area contributed by atoms with Crippen LogP contribution in [0.5, 0.6) is 11.5 Å². The van der Waals surface area contributed by atoms with Gasteiger partial charge in [-0.2, -0.15) is 67.7 Å². The second-order valence-electron chi connectivity index (χ2n) is 15.9. The second-order valence-corrected chi connectivity index (χ2v) is 22.9. The van der Waals surface area contributed by atoms with E-state index in [9.17, 15) is 70.8 Å². The number of anilines is 2. The average molecular weight is 1160 g/mol. The maximum atomic E-state index is 13.2. The number of nitrogens with one attached hydrogen (secondary N) is 2. The molecule has 0 unspecified atom stereocenters. The summed E-state index contributed by atoms with van der Waals surface area (Å²) in [4.78, 5) is 9.66. The molecule has 78 heavy (non-hydrogen) atoms. The molecular formula is C45H32N10O18S5. The molecule has 0 saturated carbocycles. The highest BCUT2D eigenvalue weighted by molar-refractivity contribution is 7.87. The van der Waals surface area contributed by atoms with E-state index in [2.05, 4.69) is 51.5 Å². The number of benzene rings is 8. The van der Waals surface area contributed by atoms with Crippen molar-refractivity contribution < 1.29 is 79.9 Å². The van der Waals surface area contributed by atoms with Crippen molar-refractivity contribution in [2.75, 3.05) is 10.6 Å². The van der Waals surface area contributed by atoms with Crippen LogP contribution in [0.15, 0.2) is 205 Å². The van der Waals surface area contributed by atoms with Gasteiger partial charge in [0.2, 0.25) is 0 Å². The van der Waals surface area contributed by atoms with Crippen molar-refractivity contribution in [3.05, 3.63) is 140 Å². The van der Waals surface area contributed by atoms with Crippen molar-refractivity contribution in [1.29, 1.82) is 0 Å². The smallest absolute Gasteiger partial charge is 0.323 e. The van der Waals surface area contributed by atoms with Gasteiger partial charge in [0.15, 0.2) is 11.5 Å². The Hall–Kier alpha value is -8.90. The van der Waals surface area contributed by atoms with Gasteiger partial charge in [0.1, 0.15) is 31.7 Å². The van der Waals surface area contributed by atoms with Gasteiger partial charge in [0, 0.05) is 22.1 Å². The van der Waals surface area contributed by atoms with Crippen molar-refractivity contribution in [2.24, 2.45) is 40.9 Å². The molecule has 33 heteroatoms. The van der Waals surface area contributed by atoms with Crippen molar-refractivity contribution in [1.82, 2.24) is 0 Å². The molecule has 0 saturated heterocycles. The highest BCUT2D eigenvalue weighted by Gasteiger charge is 2.25. The Kier molecular flexibility index (Phi) is 15.1. The van der Waals surface area contributed by atoms with Gasteiger partial charge < -0.3 is 20.8 Å². The number of fused-ring (bicyclic) bond motifs is 2. The monoisotopic (exact) mass is 1160 g/mol. The Balaban J connectivity index is 0.991. The summed E-state index contributed by atoms with van der Waals surface area (Å²) in [6, 6.07) is 26.3. The zero-order valence-corrected chi connectivity index (χ0v) is 42.6. The lowest BCUT2D eigenvalue weighted by Gasteiger charge is -2.13. The number of carbonyl (C=O) groups excluding carboxylic acids is 1. The zero-order valence-electron chi connectivity index (χ0n) is 38.5. The summed E-state index contributed by atoms with van der Waals surface area (Å²) in [6.07, 6.45) is 0. The van der Waals surface area contributed by atoms with Crippen LogP contribution >= 0.6 is 0 Å². The Labute approximate surface area is 439 Å². The lowest BCUT2D eigenvalue weighted by Crippen LogP contribution is -2.19. The normalized spacial score (nSPS) is 12.9. The fourth-order valence-electron chi connectivity index (χ4n) is 6.99. The summed E-state index contributed by atoms with van der Waals surface area (Å²) in [5.74, 6) is -1.61. The van der Waals surface area contributed by atoms with E-state index in [1.807, 2.05) is 0 Å². The Morgan fingerprint density at radius 3 is 1.05 bits per heavy atom. The molecule has 0 atom stereocenters. The summed E-state index contributed by atoms with van der Waals surface area (Å²) in [5.41, 5.74) is -1.52. The molecule has 8 rings (SSSR count). The molecular weight excluding hydrogens is 1130 g/mol. The van der Waals surface area contributed by atoms with Crippen molar-refractivity contribution in [2.45, 2.75) is 24.5 Å². The number of carbonyl (C=O) groups is 1. The molecule has 0 aromatic heterocycles. The molecule has 0 radical (unpaired) electrons. The van der Waals surface area contributed by atoms with E-state index in [0.717, 1.165) is 54.6 Å². The highest BCUT2D eigenvalue weighted by atomic mass is 32.2. The van der Waals surface area contributed by atoms with E-state index in [1.165, 1.54) is 84.9 Å². The summed E-state index contributed by atoms with van der Waals surface area (Å²) >= 11 is 0. The van der Waals surface area contributed by atoms with Crippen LogP contribution in [-0.2, 0) is 50.6 Å². The van der Waals surface area contributed by atoms with Crippen LogP contribution < -0.4 is 10.6 Å². The summed E-state index contributed by atoms with van der Waals surface area (Å²) in [7, 11) is -24.3. The van der Waals surface area contributed by atoms with E-state index in [4.69, 9.17) is 9.11 Å². The SMILES string of the molecule is O=C(Nc1ccc2c(O)c(N=Nc3ccc(N=Nc4ccc(S(=O)(=O)O)cc4)cc3)c(S(=O)(=O)O)cc2c1)Nc1ccc2c(O)c(N=Nc3ccc(N=Nc4ccc(S(=O)(=O)O)cc4)cc3S(=O)(=O)O)c(S(=O)(=O)O)cc2c1. The standard InChI is InChI=1S/C45H32N10O18S5/c56-43-35-16-9-30(19-24(35)21-39(77(68,69)70)41(43)54-51-27-3-1-26(2-4-27)48-49-28-5-12-33(13-6-28)74(59,60)61)46-45(58)47-31-10-17-36-25(20-31)22-40(78(71,72)73)42(44(36)57)55-53-37-18-11-32(23-38(37)76(65,66)67)52-50-29-7-14-34(15-8-29)75(62,63)64/h1-23,56-57H,(H2,46,47,58)(H,59,60,61)(H,62,63,64)(H,65,66,67)(H,68,69,70)(H,71,72,73). The molecule has 0 heterocycles. The number of phenols is 2.